The molecule has 130 valence electrons. The molecule has 0 aliphatic rings. The molecule has 1 aromatic carbocycles. The van der Waals surface area contributed by atoms with Crippen LogP contribution in [0, 0.1) is 5.82 Å². The molecule has 0 fully saturated rings. The number of halogens is 1. The van der Waals surface area contributed by atoms with Gasteiger partial charge in [-0.1, -0.05) is 25.1 Å². The number of hydrogen-bond acceptors (Lipinski definition) is 5. The van der Waals surface area contributed by atoms with Crippen molar-refractivity contribution in [3.8, 4) is 5.75 Å². The third kappa shape index (κ3) is 3.31. The summed E-state index contributed by atoms with van der Waals surface area (Å²) in [6.07, 6.45) is 5.40. The maximum Gasteiger partial charge on any atom is 0.186 e. The number of imidazole rings is 1. The van der Waals surface area contributed by atoms with Crippen LogP contribution in [0.4, 0.5) is 10.2 Å². The minimum atomic E-state index is -0.445. The Bertz CT molecular complexity index is 864. The number of hydrogen-bond donors (Lipinski definition) is 1. The van der Waals surface area contributed by atoms with Crippen LogP contribution < -0.4 is 10.1 Å². The van der Waals surface area contributed by atoms with Crippen molar-refractivity contribution in [3.05, 3.63) is 65.9 Å². The fraction of sp³-hybridized carbons (Fsp3) is 0.278. The van der Waals surface area contributed by atoms with Crippen LogP contribution in [0.2, 0.25) is 0 Å². The van der Waals surface area contributed by atoms with Gasteiger partial charge in [-0.25, -0.2) is 19.3 Å². The van der Waals surface area contributed by atoms with E-state index in [0.717, 1.165) is 11.4 Å². The lowest BCUT2D eigenvalue weighted by Gasteiger charge is -2.22. The summed E-state index contributed by atoms with van der Waals surface area (Å²) < 4.78 is 22.0. The predicted octanol–water partition coefficient (Wildman–Crippen LogP) is 3.12. The Morgan fingerprint density at radius 1 is 1.24 bits per heavy atom. The molecule has 0 radical (unpaired) electrons. The number of aryl methyl sites for hydroxylation is 2. The first-order valence-electron chi connectivity index (χ1n) is 8.01. The van der Waals surface area contributed by atoms with E-state index in [1.54, 1.807) is 13.3 Å². The zero-order chi connectivity index (χ0) is 17.8. The Labute approximate surface area is 145 Å². The minimum Gasteiger partial charge on any atom is -0.496 e. The number of benzene rings is 1. The highest BCUT2D eigenvalue weighted by Crippen LogP contribution is 2.32. The van der Waals surface area contributed by atoms with Crippen molar-refractivity contribution in [1.82, 2.24) is 19.5 Å². The standard InChI is InChI=1S/C18H20FN5O/c1-4-13-15(19)17(22-11-21-13)23-16(18-20-9-10-24(18)2)12-7-5-6-8-14(12)25-3/h5-11,16H,4H2,1-3H3,(H,21,22,23)/t16-/m0/s1. The quantitative estimate of drug-likeness (QED) is 0.746. The second-order valence-corrected chi connectivity index (χ2v) is 5.55. The summed E-state index contributed by atoms with van der Waals surface area (Å²) >= 11 is 0. The first-order chi connectivity index (χ1) is 12.2. The highest BCUT2D eigenvalue weighted by Gasteiger charge is 2.24. The van der Waals surface area contributed by atoms with E-state index in [9.17, 15) is 4.39 Å². The molecule has 0 amide bonds. The Balaban J connectivity index is 2.09. The smallest absolute Gasteiger partial charge is 0.186 e. The highest BCUT2D eigenvalue weighted by molar-refractivity contribution is 5.47. The average Bonchev–Trinajstić information content (AvgIpc) is 3.06. The summed E-state index contributed by atoms with van der Waals surface area (Å²) in [5.41, 5.74) is 1.21. The van der Waals surface area contributed by atoms with E-state index < -0.39 is 11.9 Å². The number of nitrogens with one attached hydrogen (secondary N) is 1. The SMILES string of the molecule is CCc1ncnc(N[C@@H](c2ccccc2OC)c2nccn2C)c1F. The molecule has 0 aliphatic carbocycles. The first kappa shape index (κ1) is 16.9. The van der Waals surface area contributed by atoms with Gasteiger partial charge in [0.2, 0.25) is 0 Å². The molecule has 0 unspecified atom stereocenters. The monoisotopic (exact) mass is 341 g/mol. The molecule has 0 aliphatic heterocycles. The highest BCUT2D eigenvalue weighted by atomic mass is 19.1. The Morgan fingerprint density at radius 3 is 2.72 bits per heavy atom. The number of anilines is 1. The molecule has 0 spiro atoms. The lowest BCUT2D eigenvalue weighted by atomic mass is 10.0. The van der Waals surface area contributed by atoms with E-state index in [0.29, 0.717) is 17.9 Å². The Hall–Kier alpha value is -2.96. The van der Waals surface area contributed by atoms with Gasteiger partial charge in [-0.3, -0.25) is 0 Å². The Morgan fingerprint density at radius 2 is 2.04 bits per heavy atom. The molecule has 1 atom stereocenters. The van der Waals surface area contributed by atoms with Crippen molar-refractivity contribution in [2.45, 2.75) is 19.4 Å². The summed E-state index contributed by atoms with van der Waals surface area (Å²) in [4.78, 5) is 12.5. The van der Waals surface area contributed by atoms with Crippen LogP contribution in [-0.4, -0.2) is 26.6 Å². The molecular formula is C18H20FN5O. The number of aromatic nitrogens is 4. The molecule has 2 aromatic heterocycles. The first-order valence-corrected chi connectivity index (χ1v) is 8.01. The van der Waals surface area contributed by atoms with Gasteiger partial charge in [0.1, 0.15) is 23.9 Å². The van der Waals surface area contributed by atoms with Gasteiger partial charge in [-0.2, -0.15) is 0 Å². The summed E-state index contributed by atoms with van der Waals surface area (Å²) in [6.45, 7) is 1.85. The second-order valence-electron chi connectivity index (χ2n) is 5.55. The van der Waals surface area contributed by atoms with Gasteiger partial charge in [0, 0.05) is 25.0 Å². The lowest BCUT2D eigenvalue weighted by molar-refractivity contribution is 0.408. The topological polar surface area (TPSA) is 64.9 Å². The number of rotatable bonds is 6. The molecule has 2 heterocycles. The summed E-state index contributed by atoms with van der Waals surface area (Å²) in [5.74, 6) is 1.11. The van der Waals surface area contributed by atoms with Gasteiger partial charge >= 0.3 is 0 Å². The summed E-state index contributed by atoms with van der Waals surface area (Å²) in [6, 6.07) is 7.15. The maximum atomic E-state index is 14.6. The molecule has 0 bridgehead atoms. The zero-order valence-electron chi connectivity index (χ0n) is 14.4. The molecular weight excluding hydrogens is 321 g/mol. The number of methoxy groups -OCH3 is 1. The van der Waals surface area contributed by atoms with Crippen molar-refractivity contribution in [3.63, 3.8) is 0 Å². The third-order valence-electron chi connectivity index (χ3n) is 4.04. The zero-order valence-corrected chi connectivity index (χ0v) is 14.4. The fourth-order valence-electron chi connectivity index (χ4n) is 2.73. The second kappa shape index (κ2) is 7.29. The Kier molecular flexibility index (Phi) is 4.92. The van der Waals surface area contributed by atoms with Crippen molar-refractivity contribution in [2.24, 2.45) is 7.05 Å². The molecule has 6 nitrogen and oxygen atoms in total. The van der Waals surface area contributed by atoms with Gasteiger partial charge in [0.05, 0.1) is 12.8 Å². The van der Waals surface area contributed by atoms with Crippen LogP contribution in [0.15, 0.2) is 43.0 Å². The molecule has 7 heteroatoms. The van der Waals surface area contributed by atoms with Crippen LogP contribution in [0.3, 0.4) is 0 Å². The molecule has 1 N–H and O–H groups in total. The predicted molar refractivity (Wildman–Crippen MR) is 93.0 cm³/mol. The summed E-state index contributed by atoms with van der Waals surface area (Å²) in [5, 5.41) is 3.17. The third-order valence-corrected chi connectivity index (χ3v) is 4.04. The molecule has 0 saturated heterocycles. The van der Waals surface area contributed by atoms with Gasteiger partial charge < -0.3 is 14.6 Å². The number of para-hydroxylation sites is 1. The van der Waals surface area contributed by atoms with Crippen LogP contribution in [0.5, 0.6) is 5.75 Å². The maximum absolute atomic E-state index is 14.6. The molecule has 0 saturated carbocycles. The average molecular weight is 341 g/mol. The van der Waals surface area contributed by atoms with Gasteiger partial charge in [0.15, 0.2) is 11.6 Å². The number of nitrogens with zero attached hydrogens (tertiary/aromatic N) is 4. The van der Waals surface area contributed by atoms with Crippen LogP contribution in [-0.2, 0) is 13.5 Å². The minimum absolute atomic E-state index is 0.144. The van der Waals surface area contributed by atoms with Crippen molar-refractivity contribution < 1.29 is 9.13 Å². The molecule has 25 heavy (non-hydrogen) atoms. The van der Waals surface area contributed by atoms with Crippen molar-refractivity contribution >= 4 is 5.82 Å². The van der Waals surface area contributed by atoms with E-state index in [1.165, 1.54) is 6.33 Å². The number of ether oxygens (including phenoxy) is 1. The van der Waals surface area contributed by atoms with Gasteiger partial charge in [-0.15, -0.1) is 0 Å². The fourth-order valence-corrected chi connectivity index (χ4v) is 2.73. The van der Waals surface area contributed by atoms with E-state index in [1.807, 2.05) is 49.0 Å². The normalized spacial score (nSPS) is 12.0. The summed E-state index contributed by atoms with van der Waals surface area (Å²) in [7, 11) is 3.50. The van der Waals surface area contributed by atoms with E-state index in [-0.39, 0.29) is 5.82 Å². The van der Waals surface area contributed by atoms with E-state index in [2.05, 4.69) is 20.3 Å². The largest absolute Gasteiger partial charge is 0.496 e. The van der Waals surface area contributed by atoms with E-state index >= 15 is 0 Å². The van der Waals surface area contributed by atoms with Crippen LogP contribution in [0.25, 0.3) is 0 Å². The van der Waals surface area contributed by atoms with Gasteiger partial charge in [-0.05, 0) is 12.5 Å². The van der Waals surface area contributed by atoms with Crippen molar-refractivity contribution in [2.75, 3.05) is 12.4 Å². The lowest BCUT2D eigenvalue weighted by Crippen LogP contribution is -2.19. The van der Waals surface area contributed by atoms with Crippen LogP contribution >= 0.6 is 0 Å². The van der Waals surface area contributed by atoms with Crippen LogP contribution in [0.1, 0.15) is 30.0 Å². The van der Waals surface area contributed by atoms with Gasteiger partial charge in [0.25, 0.3) is 0 Å². The van der Waals surface area contributed by atoms with Crippen molar-refractivity contribution in [1.29, 1.82) is 0 Å². The van der Waals surface area contributed by atoms with E-state index in [4.69, 9.17) is 4.74 Å². The molecule has 3 rings (SSSR count). The molecule has 3 aromatic rings.